The van der Waals surface area contributed by atoms with E-state index in [1.165, 1.54) is 16.8 Å². The van der Waals surface area contributed by atoms with E-state index >= 15 is 0 Å². The van der Waals surface area contributed by atoms with Gasteiger partial charge in [-0.1, -0.05) is 11.2 Å². The number of tetrazole rings is 1. The second-order valence-electron chi connectivity index (χ2n) is 4.25. The van der Waals surface area contributed by atoms with Crippen LogP contribution in [0.15, 0.2) is 48.5 Å². The summed E-state index contributed by atoms with van der Waals surface area (Å²) >= 11 is 0. The third-order valence-electron chi connectivity index (χ3n) is 2.87. The van der Waals surface area contributed by atoms with Gasteiger partial charge in [0.05, 0.1) is 12.8 Å². The van der Waals surface area contributed by atoms with Crippen LogP contribution in [0.1, 0.15) is 0 Å². The SMILES string of the molecule is COc1ccc(Nc2nnnn2-c2cccc(F)c2)cc1. The zero-order chi connectivity index (χ0) is 14.7. The van der Waals surface area contributed by atoms with E-state index < -0.39 is 0 Å². The molecule has 21 heavy (non-hydrogen) atoms. The summed E-state index contributed by atoms with van der Waals surface area (Å²) in [5, 5.41) is 14.4. The van der Waals surface area contributed by atoms with Gasteiger partial charge in [0.15, 0.2) is 0 Å². The number of nitrogens with one attached hydrogen (secondary N) is 1. The zero-order valence-corrected chi connectivity index (χ0v) is 11.2. The van der Waals surface area contributed by atoms with Gasteiger partial charge < -0.3 is 10.1 Å². The van der Waals surface area contributed by atoms with E-state index in [9.17, 15) is 4.39 Å². The van der Waals surface area contributed by atoms with Crippen molar-refractivity contribution in [3.05, 3.63) is 54.3 Å². The van der Waals surface area contributed by atoms with Gasteiger partial charge in [-0.25, -0.2) is 4.39 Å². The molecule has 0 amide bonds. The number of ether oxygens (including phenoxy) is 1. The summed E-state index contributed by atoms with van der Waals surface area (Å²) < 4.78 is 19.8. The Balaban J connectivity index is 1.88. The lowest BCUT2D eigenvalue weighted by Gasteiger charge is -2.07. The van der Waals surface area contributed by atoms with Crippen molar-refractivity contribution >= 4 is 11.6 Å². The van der Waals surface area contributed by atoms with Gasteiger partial charge in [0.1, 0.15) is 11.6 Å². The molecule has 6 nitrogen and oxygen atoms in total. The largest absolute Gasteiger partial charge is 0.497 e. The van der Waals surface area contributed by atoms with Crippen LogP contribution in [0, 0.1) is 5.82 Å². The Morgan fingerprint density at radius 3 is 2.67 bits per heavy atom. The molecule has 0 saturated carbocycles. The van der Waals surface area contributed by atoms with Crippen LogP contribution in [0.2, 0.25) is 0 Å². The van der Waals surface area contributed by atoms with Crippen LogP contribution in [-0.4, -0.2) is 27.3 Å². The highest BCUT2D eigenvalue weighted by molar-refractivity contribution is 5.56. The van der Waals surface area contributed by atoms with Crippen LogP contribution in [0.5, 0.6) is 5.75 Å². The molecular weight excluding hydrogens is 273 g/mol. The number of anilines is 2. The molecule has 0 radical (unpaired) electrons. The molecule has 0 fully saturated rings. The summed E-state index contributed by atoms with van der Waals surface area (Å²) in [6.45, 7) is 0. The van der Waals surface area contributed by atoms with E-state index in [1.54, 1.807) is 19.2 Å². The monoisotopic (exact) mass is 285 g/mol. The molecular formula is C14H12FN5O. The summed E-state index contributed by atoms with van der Waals surface area (Å²) in [6.07, 6.45) is 0. The van der Waals surface area contributed by atoms with Crippen molar-refractivity contribution in [2.24, 2.45) is 0 Å². The molecule has 0 aliphatic rings. The van der Waals surface area contributed by atoms with E-state index in [0.29, 0.717) is 11.6 Å². The maximum absolute atomic E-state index is 13.3. The van der Waals surface area contributed by atoms with E-state index in [4.69, 9.17) is 4.74 Å². The Kier molecular flexibility index (Phi) is 3.46. The first-order valence-electron chi connectivity index (χ1n) is 6.21. The predicted molar refractivity (Wildman–Crippen MR) is 75.4 cm³/mol. The fourth-order valence-electron chi connectivity index (χ4n) is 1.85. The highest BCUT2D eigenvalue weighted by atomic mass is 19.1. The van der Waals surface area contributed by atoms with Crippen LogP contribution in [-0.2, 0) is 0 Å². The minimum absolute atomic E-state index is 0.349. The number of nitrogens with zero attached hydrogens (tertiary/aromatic N) is 4. The first-order valence-corrected chi connectivity index (χ1v) is 6.21. The number of aromatic nitrogens is 4. The highest BCUT2D eigenvalue weighted by Crippen LogP contribution is 2.20. The van der Waals surface area contributed by atoms with Gasteiger partial charge in [0, 0.05) is 5.69 Å². The molecule has 0 bridgehead atoms. The van der Waals surface area contributed by atoms with Crippen molar-refractivity contribution in [3.8, 4) is 11.4 Å². The highest BCUT2D eigenvalue weighted by Gasteiger charge is 2.09. The van der Waals surface area contributed by atoms with E-state index in [1.807, 2.05) is 24.3 Å². The Morgan fingerprint density at radius 2 is 1.95 bits per heavy atom. The molecule has 7 heteroatoms. The Labute approximate surface area is 120 Å². The standard InChI is InChI=1S/C14H12FN5O/c1-21-13-7-5-11(6-8-13)16-14-17-18-19-20(14)12-4-2-3-10(15)9-12/h2-9H,1H3,(H,16,17,19). The van der Waals surface area contributed by atoms with Gasteiger partial charge in [0.2, 0.25) is 0 Å². The molecule has 3 aromatic rings. The molecule has 0 aliphatic heterocycles. The smallest absolute Gasteiger partial charge is 0.252 e. The van der Waals surface area contributed by atoms with Crippen molar-refractivity contribution in [3.63, 3.8) is 0 Å². The molecule has 3 rings (SSSR count). The van der Waals surface area contributed by atoms with Gasteiger partial charge in [-0.05, 0) is 52.9 Å². The number of methoxy groups -OCH3 is 1. The number of hydrogen-bond donors (Lipinski definition) is 1. The predicted octanol–water partition coefficient (Wildman–Crippen LogP) is 2.55. The molecule has 0 aliphatic carbocycles. The minimum Gasteiger partial charge on any atom is -0.497 e. The minimum atomic E-state index is -0.349. The van der Waals surface area contributed by atoms with Crippen LogP contribution < -0.4 is 10.1 Å². The van der Waals surface area contributed by atoms with Crippen molar-refractivity contribution < 1.29 is 9.13 Å². The average molecular weight is 285 g/mol. The molecule has 2 aromatic carbocycles. The Hall–Kier alpha value is -2.96. The van der Waals surface area contributed by atoms with Gasteiger partial charge in [-0.3, -0.25) is 0 Å². The summed E-state index contributed by atoms with van der Waals surface area (Å²) in [5.41, 5.74) is 1.33. The van der Waals surface area contributed by atoms with Crippen molar-refractivity contribution in [1.82, 2.24) is 20.2 Å². The molecule has 106 valence electrons. The Bertz CT molecular complexity index is 741. The first-order chi connectivity index (χ1) is 10.3. The quantitative estimate of drug-likeness (QED) is 0.798. The van der Waals surface area contributed by atoms with E-state index in [2.05, 4.69) is 20.8 Å². The molecule has 0 spiro atoms. The third-order valence-corrected chi connectivity index (χ3v) is 2.87. The van der Waals surface area contributed by atoms with Gasteiger partial charge in [0.25, 0.3) is 5.95 Å². The summed E-state index contributed by atoms with van der Waals surface area (Å²) in [6, 6.07) is 13.4. The number of hydrogen-bond acceptors (Lipinski definition) is 5. The van der Waals surface area contributed by atoms with E-state index in [0.717, 1.165) is 11.4 Å². The molecule has 1 heterocycles. The number of benzene rings is 2. The molecule has 1 aromatic heterocycles. The topological polar surface area (TPSA) is 64.9 Å². The second kappa shape index (κ2) is 5.58. The number of halogens is 1. The van der Waals surface area contributed by atoms with Crippen LogP contribution in [0.4, 0.5) is 16.0 Å². The first kappa shape index (κ1) is 13.0. The fraction of sp³-hybridized carbons (Fsp3) is 0.0714. The van der Waals surface area contributed by atoms with Gasteiger partial charge >= 0.3 is 0 Å². The van der Waals surface area contributed by atoms with Crippen LogP contribution in [0.3, 0.4) is 0 Å². The lowest BCUT2D eigenvalue weighted by atomic mass is 10.3. The van der Waals surface area contributed by atoms with Gasteiger partial charge in [-0.15, -0.1) is 0 Å². The fourth-order valence-corrected chi connectivity index (χ4v) is 1.85. The maximum atomic E-state index is 13.3. The third kappa shape index (κ3) is 2.81. The van der Waals surface area contributed by atoms with Crippen molar-refractivity contribution in [2.45, 2.75) is 0 Å². The summed E-state index contributed by atoms with van der Waals surface area (Å²) in [4.78, 5) is 0. The van der Waals surface area contributed by atoms with Crippen LogP contribution in [0.25, 0.3) is 5.69 Å². The zero-order valence-electron chi connectivity index (χ0n) is 11.2. The molecule has 0 unspecified atom stereocenters. The molecule has 1 N–H and O–H groups in total. The molecule has 0 saturated heterocycles. The Morgan fingerprint density at radius 1 is 1.14 bits per heavy atom. The van der Waals surface area contributed by atoms with Gasteiger partial charge in [-0.2, -0.15) is 4.68 Å². The molecule has 0 atom stereocenters. The second-order valence-corrected chi connectivity index (χ2v) is 4.25. The average Bonchev–Trinajstić information content (AvgIpc) is 2.96. The van der Waals surface area contributed by atoms with Crippen molar-refractivity contribution in [1.29, 1.82) is 0 Å². The van der Waals surface area contributed by atoms with E-state index in [-0.39, 0.29) is 5.82 Å². The van der Waals surface area contributed by atoms with Crippen molar-refractivity contribution in [2.75, 3.05) is 12.4 Å². The normalized spacial score (nSPS) is 10.4. The summed E-state index contributed by atoms with van der Waals surface area (Å²) in [5.74, 6) is 0.800. The van der Waals surface area contributed by atoms with Crippen LogP contribution >= 0.6 is 0 Å². The maximum Gasteiger partial charge on any atom is 0.252 e. The number of rotatable bonds is 4. The summed E-state index contributed by atoms with van der Waals surface area (Å²) in [7, 11) is 1.60. The lowest BCUT2D eigenvalue weighted by Crippen LogP contribution is -2.03. The lowest BCUT2D eigenvalue weighted by molar-refractivity contribution is 0.415.